The number of amides is 1. The molecule has 0 aliphatic heterocycles. The highest BCUT2D eigenvalue weighted by Gasteiger charge is 2.07. The number of anilines is 1. The minimum Gasteiger partial charge on any atom is -0.494 e. The molecule has 0 spiro atoms. The van der Waals surface area contributed by atoms with Crippen LogP contribution in [0.4, 0.5) is 5.95 Å². The molecule has 1 aromatic carbocycles. The number of nitrogens with zero attached hydrogens (tertiary/aromatic N) is 3. The summed E-state index contributed by atoms with van der Waals surface area (Å²) in [4.78, 5) is 22.4. The smallest absolute Gasteiger partial charge is 0.251 e. The van der Waals surface area contributed by atoms with Gasteiger partial charge in [-0.1, -0.05) is 0 Å². The molecule has 1 aromatic heterocycles. The highest BCUT2D eigenvalue weighted by atomic mass is 16.5. The molecule has 116 valence electrons. The monoisotopic (exact) mass is 300 g/mol. The van der Waals surface area contributed by atoms with E-state index in [-0.39, 0.29) is 5.91 Å². The number of ether oxygens (including phenoxy) is 1. The third-order valence-corrected chi connectivity index (χ3v) is 2.96. The summed E-state index contributed by atoms with van der Waals surface area (Å²) in [5.74, 6) is 1.23. The molecule has 0 aliphatic carbocycles. The van der Waals surface area contributed by atoms with Gasteiger partial charge in [0.05, 0.1) is 18.8 Å². The van der Waals surface area contributed by atoms with Crippen LogP contribution >= 0.6 is 0 Å². The third kappa shape index (κ3) is 4.18. The van der Waals surface area contributed by atoms with Crippen LogP contribution in [0.15, 0.2) is 36.5 Å². The summed E-state index contributed by atoms with van der Waals surface area (Å²) in [7, 11) is 3.75. The fourth-order valence-corrected chi connectivity index (χ4v) is 1.84. The molecule has 0 atom stereocenters. The molecule has 0 bridgehead atoms. The van der Waals surface area contributed by atoms with Crippen molar-refractivity contribution in [3.63, 3.8) is 0 Å². The van der Waals surface area contributed by atoms with Crippen molar-refractivity contribution in [2.45, 2.75) is 13.5 Å². The van der Waals surface area contributed by atoms with Crippen LogP contribution in [0.25, 0.3) is 0 Å². The summed E-state index contributed by atoms with van der Waals surface area (Å²) in [6, 6.07) is 8.84. The second-order valence-electron chi connectivity index (χ2n) is 4.88. The number of rotatable bonds is 6. The quantitative estimate of drug-likeness (QED) is 0.882. The predicted octanol–water partition coefficient (Wildman–Crippen LogP) is 1.87. The van der Waals surface area contributed by atoms with E-state index in [4.69, 9.17) is 4.74 Å². The Labute approximate surface area is 130 Å². The van der Waals surface area contributed by atoms with Crippen LogP contribution in [0.3, 0.4) is 0 Å². The van der Waals surface area contributed by atoms with Gasteiger partial charge in [0.1, 0.15) is 5.75 Å². The fourth-order valence-electron chi connectivity index (χ4n) is 1.84. The molecule has 1 N–H and O–H groups in total. The Bertz CT molecular complexity index is 626. The van der Waals surface area contributed by atoms with Crippen molar-refractivity contribution >= 4 is 11.9 Å². The first-order valence-corrected chi connectivity index (χ1v) is 7.10. The van der Waals surface area contributed by atoms with E-state index in [1.165, 1.54) is 0 Å². The Morgan fingerprint density at radius 1 is 1.23 bits per heavy atom. The summed E-state index contributed by atoms with van der Waals surface area (Å²) in [6.07, 6.45) is 1.68. The van der Waals surface area contributed by atoms with E-state index >= 15 is 0 Å². The van der Waals surface area contributed by atoms with Gasteiger partial charge >= 0.3 is 0 Å². The lowest BCUT2D eigenvalue weighted by atomic mass is 10.2. The van der Waals surface area contributed by atoms with E-state index < -0.39 is 0 Å². The van der Waals surface area contributed by atoms with E-state index in [9.17, 15) is 4.79 Å². The molecule has 2 aromatic rings. The van der Waals surface area contributed by atoms with Gasteiger partial charge in [-0.05, 0) is 37.3 Å². The van der Waals surface area contributed by atoms with Crippen LogP contribution in [0.1, 0.15) is 23.0 Å². The van der Waals surface area contributed by atoms with E-state index in [0.717, 1.165) is 11.4 Å². The van der Waals surface area contributed by atoms with Gasteiger partial charge < -0.3 is 15.0 Å². The first-order valence-electron chi connectivity index (χ1n) is 7.10. The molecule has 1 amide bonds. The molecular weight excluding hydrogens is 280 g/mol. The van der Waals surface area contributed by atoms with Crippen LogP contribution in [-0.4, -0.2) is 36.6 Å². The average molecular weight is 300 g/mol. The number of benzene rings is 1. The molecule has 22 heavy (non-hydrogen) atoms. The first-order chi connectivity index (χ1) is 10.6. The molecule has 0 unspecified atom stereocenters. The maximum absolute atomic E-state index is 12.1. The van der Waals surface area contributed by atoms with Gasteiger partial charge in [0.15, 0.2) is 0 Å². The van der Waals surface area contributed by atoms with Crippen molar-refractivity contribution in [1.82, 2.24) is 15.3 Å². The topological polar surface area (TPSA) is 67.3 Å². The number of carbonyl (C=O) groups is 1. The zero-order valence-corrected chi connectivity index (χ0v) is 13.0. The first kappa shape index (κ1) is 15.8. The third-order valence-electron chi connectivity index (χ3n) is 2.96. The zero-order chi connectivity index (χ0) is 15.9. The highest BCUT2D eigenvalue weighted by molar-refractivity contribution is 5.94. The highest BCUT2D eigenvalue weighted by Crippen LogP contribution is 2.12. The second-order valence-corrected chi connectivity index (χ2v) is 4.88. The summed E-state index contributed by atoms with van der Waals surface area (Å²) >= 11 is 0. The Kier molecular flexibility index (Phi) is 5.30. The SMILES string of the molecule is CCOc1ccc(C(=O)NCc2ccnc(N(C)C)n2)cc1. The molecule has 0 saturated heterocycles. The van der Waals surface area contributed by atoms with Crippen molar-refractivity contribution in [3.05, 3.63) is 47.8 Å². The largest absolute Gasteiger partial charge is 0.494 e. The van der Waals surface area contributed by atoms with Crippen molar-refractivity contribution in [2.75, 3.05) is 25.6 Å². The molecule has 1 heterocycles. The van der Waals surface area contributed by atoms with Gasteiger partial charge in [0, 0.05) is 25.9 Å². The minimum atomic E-state index is -0.145. The Morgan fingerprint density at radius 3 is 2.59 bits per heavy atom. The number of nitrogens with one attached hydrogen (secondary N) is 1. The van der Waals surface area contributed by atoms with E-state index in [2.05, 4.69) is 15.3 Å². The maximum atomic E-state index is 12.1. The average Bonchev–Trinajstić information content (AvgIpc) is 2.54. The lowest BCUT2D eigenvalue weighted by Gasteiger charge is -2.11. The molecule has 0 fully saturated rings. The Morgan fingerprint density at radius 2 is 1.95 bits per heavy atom. The molecule has 0 aliphatic rings. The van der Waals surface area contributed by atoms with Gasteiger partial charge in [-0.15, -0.1) is 0 Å². The van der Waals surface area contributed by atoms with Crippen LogP contribution in [0.2, 0.25) is 0 Å². The van der Waals surface area contributed by atoms with Gasteiger partial charge in [0.2, 0.25) is 5.95 Å². The number of aromatic nitrogens is 2. The van der Waals surface area contributed by atoms with Crippen LogP contribution in [0, 0.1) is 0 Å². The predicted molar refractivity (Wildman–Crippen MR) is 85.1 cm³/mol. The summed E-state index contributed by atoms with van der Waals surface area (Å²) in [5.41, 5.74) is 1.35. The number of carbonyl (C=O) groups excluding carboxylic acids is 1. The maximum Gasteiger partial charge on any atom is 0.251 e. The van der Waals surface area contributed by atoms with Crippen LogP contribution in [-0.2, 0) is 6.54 Å². The molecular formula is C16H20N4O2. The van der Waals surface area contributed by atoms with E-state index in [0.29, 0.717) is 24.7 Å². The van der Waals surface area contributed by atoms with Crippen LogP contribution < -0.4 is 15.0 Å². The van der Waals surface area contributed by atoms with E-state index in [1.807, 2.05) is 25.9 Å². The molecule has 2 rings (SSSR count). The minimum absolute atomic E-state index is 0.145. The fraction of sp³-hybridized carbons (Fsp3) is 0.312. The molecule has 0 radical (unpaired) electrons. The summed E-state index contributed by atoms with van der Waals surface area (Å²) < 4.78 is 5.35. The van der Waals surface area contributed by atoms with Crippen molar-refractivity contribution in [1.29, 1.82) is 0 Å². The van der Waals surface area contributed by atoms with Gasteiger partial charge in [-0.3, -0.25) is 4.79 Å². The zero-order valence-electron chi connectivity index (χ0n) is 13.0. The van der Waals surface area contributed by atoms with Gasteiger partial charge in [-0.25, -0.2) is 9.97 Å². The van der Waals surface area contributed by atoms with Crippen molar-refractivity contribution in [2.24, 2.45) is 0 Å². The Balaban J connectivity index is 1.96. The van der Waals surface area contributed by atoms with Gasteiger partial charge in [0.25, 0.3) is 5.91 Å². The van der Waals surface area contributed by atoms with Crippen molar-refractivity contribution in [3.8, 4) is 5.75 Å². The second kappa shape index (κ2) is 7.40. The van der Waals surface area contributed by atoms with Crippen molar-refractivity contribution < 1.29 is 9.53 Å². The van der Waals surface area contributed by atoms with Crippen LogP contribution in [0.5, 0.6) is 5.75 Å². The van der Waals surface area contributed by atoms with Gasteiger partial charge in [-0.2, -0.15) is 0 Å². The molecule has 0 saturated carbocycles. The molecule has 6 nitrogen and oxygen atoms in total. The summed E-state index contributed by atoms with van der Waals surface area (Å²) in [6.45, 7) is 2.88. The normalized spacial score (nSPS) is 10.1. The standard InChI is InChI=1S/C16H20N4O2/c1-4-22-14-7-5-12(6-8-14)15(21)18-11-13-9-10-17-16(19-13)20(2)3/h5-10H,4,11H2,1-3H3,(H,18,21). The Hall–Kier alpha value is -2.63. The number of hydrogen-bond acceptors (Lipinski definition) is 5. The number of hydrogen-bond donors (Lipinski definition) is 1. The molecule has 6 heteroatoms. The summed E-state index contributed by atoms with van der Waals surface area (Å²) in [5, 5.41) is 2.84. The van der Waals surface area contributed by atoms with E-state index in [1.54, 1.807) is 36.5 Å². The lowest BCUT2D eigenvalue weighted by Crippen LogP contribution is -2.24. The lowest BCUT2D eigenvalue weighted by molar-refractivity contribution is 0.0950.